The number of rotatable bonds is 5. The average molecular weight is 277 g/mol. The van der Waals surface area contributed by atoms with Crippen LogP contribution in [0, 0.1) is 0 Å². The molecule has 0 aliphatic carbocycles. The molecular weight excluding hydrogens is 258 g/mol. The van der Waals surface area contributed by atoms with E-state index in [4.69, 9.17) is 4.74 Å². The molecule has 108 valence electrons. The van der Waals surface area contributed by atoms with Crippen LogP contribution >= 0.6 is 0 Å². The molecule has 20 heavy (non-hydrogen) atoms. The summed E-state index contributed by atoms with van der Waals surface area (Å²) in [6.07, 6.45) is 0. The monoisotopic (exact) mass is 277 g/mol. The lowest BCUT2D eigenvalue weighted by molar-refractivity contribution is -0.125. The third-order valence-corrected chi connectivity index (χ3v) is 2.98. The summed E-state index contributed by atoms with van der Waals surface area (Å²) in [5, 5.41) is 8.58. The Balaban J connectivity index is 1.64. The maximum atomic E-state index is 11.7. The van der Waals surface area contributed by atoms with E-state index >= 15 is 0 Å². The Bertz CT molecular complexity index is 444. The van der Waals surface area contributed by atoms with Crippen LogP contribution in [-0.2, 0) is 9.53 Å². The van der Waals surface area contributed by atoms with E-state index in [0.29, 0.717) is 38.4 Å². The molecule has 6 nitrogen and oxygen atoms in total. The van der Waals surface area contributed by atoms with Gasteiger partial charge in [-0.25, -0.2) is 0 Å². The van der Waals surface area contributed by atoms with Gasteiger partial charge in [0.15, 0.2) is 0 Å². The number of hydrogen-bond acceptors (Lipinski definition) is 4. The molecule has 1 atom stereocenters. The standard InChI is InChI=1S/C14H19N3O3/c18-13(11-4-2-1-3-5-11)16-6-7-17-14(19)12-10-20-9-8-15-12/h1-5,12,15H,6-10H2,(H,16,18)(H,17,19). The van der Waals surface area contributed by atoms with E-state index in [-0.39, 0.29) is 17.9 Å². The molecule has 0 saturated carbocycles. The van der Waals surface area contributed by atoms with Gasteiger partial charge in [-0.15, -0.1) is 0 Å². The van der Waals surface area contributed by atoms with Gasteiger partial charge in [0, 0.05) is 25.2 Å². The number of nitrogens with one attached hydrogen (secondary N) is 3. The Labute approximate surface area is 117 Å². The van der Waals surface area contributed by atoms with E-state index in [1.165, 1.54) is 0 Å². The molecule has 2 amide bonds. The van der Waals surface area contributed by atoms with Gasteiger partial charge in [-0.1, -0.05) is 18.2 Å². The number of hydrogen-bond donors (Lipinski definition) is 3. The van der Waals surface area contributed by atoms with Crippen LogP contribution in [0.25, 0.3) is 0 Å². The van der Waals surface area contributed by atoms with Crippen molar-refractivity contribution in [3.8, 4) is 0 Å². The molecule has 0 radical (unpaired) electrons. The molecule has 1 aromatic carbocycles. The van der Waals surface area contributed by atoms with Gasteiger partial charge in [-0.2, -0.15) is 0 Å². The molecular formula is C14H19N3O3. The third-order valence-electron chi connectivity index (χ3n) is 2.98. The van der Waals surface area contributed by atoms with Gasteiger partial charge < -0.3 is 20.7 Å². The summed E-state index contributed by atoms with van der Waals surface area (Å²) < 4.78 is 5.21. The Kier molecular flexibility index (Phi) is 5.52. The predicted octanol–water partition coefficient (Wildman–Crippen LogP) is -0.479. The molecule has 1 aliphatic rings. The smallest absolute Gasteiger partial charge is 0.251 e. The van der Waals surface area contributed by atoms with E-state index < -0.39 is 0 Å². The van der Waals surface area contributed by atoms with Crippen molar-refractivity contribution in [2.75, 3.05) is 32.8 Å². The Morgan fingerprint density at radius 1 is 1.20 bits per heavy atom. The molecule has 1 aliphatic heterocycles. The summed E-state index contributed by atoms with van der Waals surface area (Å²) in [7, 11) is 0. The Morgan fingerprint density at radius 3 is 2.65 bits per heavy atom. The number of ether oxygens (including phenoxy) is 1. The van der Waals surface area contributed by atoms with Gasteiger partial charge in [-0.3, -0.25) is 9.59 Å². The molecule has 1 unspecified atom stereocenters. The predicted molar refractivity (Wildman–Crippen MR) is 74.4 cm³/mol. The first kappa shape index (κ1) is 14.5. The van der Waals surface area contributed by atoms with Gasteiger partial charge in [-0.05, 0) is 12.1 Å². The molecule has 2 rings (SSSR count). The van der Waals surface area contributed by atoms with Crippen LogP contribution in [-0.4, -0.2) is 50.7 Å². The van der Waals surface area contributed by atoms with Crippen LogP contribution in [0.4, 0.5) is 0 Å². The minimum atomic E-state index is -0.298. The second kappa shape index (κ2) is 7.62. The normalized spacial score (nSPS) is 18.3. The second-order valence-corrected chi connectivity index (χ2v) is 4.49. The Morgan fingerprint density at radius 2 is 1.95 bits per heavy atom. The van der Waals surface area contributed by atoms with E-state index in [2.05, 4.69) is 16.0 Å². The van der Waals surface area contributed by atoms with E-state index in [0.717, 1.165) is 0 Å². The molecule has 6 heteroatoms. The SMILES string of the molecule is O=C(NCCNC(=O)C1COCCN1)c1ccccc1. The second-order valence-electron chi connectivity index (χ2n) is 4.49. The van der Waals surface area contributed by atoms with Crippen molar-refractivity contribution in [1.82, 2.24) is 16.0 Å². The molecule has 1 aromatic rings. The van der Waals surface area contributed by atoms with Gasteiger partial charge in [0.25, 0.3) is 5.91 Å². The highest BCUT2D eigenvalue weighted by atomic mass is 16.5. The molecule has 0 aromatic heterocycles. The summed E-state index contributed by atoms with van der Waals surface area (Å²) in [5.74, 6) is -0.238. The zero-order valence-electron chi connectivity index (χ0n) is 11.2. The third kappa shape index (κ3) is 4.32. The quantitative estimate of drug-likeness (QED) is 0.635. The van der Waals surface area contributed by atoms with Crippen molar-refractivity contribution < 1.29 is 14.3 Å². The summed E-state index contributed by atoms with van der Waals surface area (Å²) >= 11 is 0. The highest BCUT2D eigenvalue weighted by Crippen LogP contribution is 1.97. The van der Waals surface area contributed by atoms with E-state index in [9.17, 15) is 9.59 Å². The van der Waals surface area contributed by atoms with Crippen molar-refractivity contribution >= 4 is 11.8 Å². The van der Waals surface area contributed by atoms with Crippen molar-refractivity contribution in [2.45, 2.75) is 6.04 Å². The van der Waals surface area contributed by atoms with E-state index in [1.54, 1.807) is 12.1 Å². The largest absolute Gasteiger partial charge is 0.378 e. The lowest BCUT2D eigenvalue weighted by atomic mass is 10.2. The number of carbonyl (C=O) groups is 2. The van der Waals surface area contributed by atoms with Gasteiger partial charge in [0.05, 0.1) is 13.2 Å². The van der Waals surface area contributed by atoms with Crippen LogP contribution in [0.5, 0.6) is 0 Å². The zero-order valence-corrected chi connectivity index (χ0v) is 11.2. The highest BCUT2D eigenvalue weighted by molar-refractivity contribution is 5.94. The van der Waals surface area contributed by atoms with Gasteiger partial charge in [0.1, 0.15) is 6.04 Å². The number of amides is 2. The Hall–Kier alpha value is -1.92. The first-order valence-electron chi connectivity index (χ1n) is 6.69. The fraction of sp³-hybridized carbons (Fsp3) is 0.429. The molecule has 1 heterocycles. The van der Waals surface area contributed by atoms with Gasteiger partial charge >= 0.3 is 0 Å². The van der Waals surface area contributed by atoms with Crippen molar-refractivity contribution in [2.24, 2.45) is 0 Å². The fourth-order valence-electron chi connectivity index (χ4n) is 1.91. The minimum Gasteiger partial charge on any atom is -0.378 e. The molecule has 1 fully saturated rings. The number of carbonyl (C=O) groups excluding carboxylic acids is 2. The fourth-order valence-corrected chi connectivity index (χ4v) is 1.91. The summed E-state index contributed by atoms with van der Waals surface area (Å²) in [6, 6.07) is 8.68. The summed E-state index contributed by atoms with van der Waals surface area (Å²) in [6.45, 7) is 2.50. The number of morpholine rings is 1. The zero-order chi connectivity index (χ0) is 14.2. The lowest BCUT2D eigenvalue weighted by Gasteiger charge is -2.22. The lowest BCUT2D eigenvalue weighted by Crippen LogP contribution is -2.52. The van der Waals surface area contributed by atoms with Crippen molar-refractivity contribution in [1.29, 1.82) is 0 Å². The average Bonchev–Trinajstić information content (AvgIpc) is 2.53. The highest BCUT2D eigenvalue weighted by Gasteiger charge is 2.20. The van der Waals surface area contributed by atoms with Crippen LogP contribution in [0.3, 0.4) is 0 Å². The first-order valence-corrected chi connectivity index (χ1v) is 6.69. The summed E-state index contributed by atoms with van der Waals surface area (Å²) in [5.41, 5.74) is 0.612. The number of benzene rings is 1. The topological polar surface area (TPSA) is 79.5 Å². The molecule has 1 saturated heterocycles. The van der Waals surface area contributed by atoms with Crippen LogP contribution in [0.1, 0.15) is 10.4 Å². The molecule has 3 N–H and O–H groups in total. The van der Waals surface area contributed by atoms with Crippen LogP contribution in [0.15, 0.2) is 30.3 Å². The van der Waals surface area contributed by atoms with Gasteiger partial charge in [0.2, 0.25) is 5.91 Å². The molecule has 0 spiro atoms. The minimum absolute atomic E-state index is 0.0985. The maximum absolute atomic E-state index is 11.7. The van der Waals surface area contributed by atoms with Crippen molar-refractivity contribution in [3.05, 3.63) is 35.9 Å². The van der Waals surface area contributed by atoms with Crippen molar-refractivity contribution in [3.63, 3.8) is 0 Å². The first-order chi connectivity index (χ1) is 9.77. The maximum Gasteiger partial charge on any atom is 0.251 e. The molecule has 0 bridgehead atoms. The van der Waals surface area contributed by atoms with E-state index in [1.807, 2.05) is 18.2 Å². The van der Waals surface area contributed by atoms with Crippen LogP contribution in [0.2, 0.25) is 0 Å². The summed E-state index contributed by atoms with van der Waals surface area (Å²) in [4.78, 5) is 23.5. The van der Waals surface area contributed by atoms with Crippen LogP contribution < -0.4 is 16.0 Å².